The highest BCUT2D eigenvalue weighted by molar-refractivity contribution is 6.17. The second-order valence-corrected chi connectivity index (χ2v) is 6.02. The fraction of sp³-hybridized carbons (Fsp3) is 0.500. The van der Waals surface area contributed by atoms with Crippen LogP contribution in [0.4, 0.5) is 13.2 Å². The number of likely N-dealkylation sites (tertiary alicyclic amines) is 1. The van der Waals surface area contributed by atoms with Crippen molar-refractivity contribution < 1.29 is 22.8 Å². The molecule has 0 aliphatic carbocycles. The second kappa shape index (κ2) is 8.37. The van der Waals surface area contributed by atoms with Crippen LogP contribution in [0.3, 0.4) is 0 Å². The Balaban J connectivity index is 1.89. The highest BCUT2D eigenvalue weighted by Crippen LogP contribution is 2.17. The molecule has 2 amide bonds. The van der Waals surface area contributed by atoms with E-state index in [9.17, 15) is 22.8 Å². The van der Waals surface area contributed by atoms with Gasteiger partial charge < -0.3 is 10.2 Å². The molecule has 1 N–H and O–H groups in total. The van der Waals surface area contributed by atoms with Gasteiger partial charge in [0, 0.05) is 31.4 Å². The molecule has 0 unspecified atom stereocenters. The van der Waals surface area contributed by atoms with E-state index in [1.807, 2.05) is 0 Å². The summed E-state index contributed by atoms with van der Waals surface area (Å²) in [4.78, 5) is 25.6. The first kappa shape index (κ1) is 18.6. The van der Waals surface area contributed by atoms with Gasteiger partial charge in [0.25, 0.3) is 5.91 Å². The zero-order valence-electron chi connectivity index (χ0n) is 13.0. The van der Waals surface area contributed by atoms with E-state index in [4.69, 9.17) is 11.6 Å². The number of carbonyl (C=O) groups excluding carboxylic acids is 2. The summed E-state index contributed by atoms with van der Waals surface area (Å²) in [6.45, 7) is 0.957. The van der Waals surface area contributed by atoms with Crippen molar-refractivity contribution >= 4 is 23.4 Å². The molecule has 0 spiro atoms. The van der Waals surface area contributed by atoms with Crippen LogP contribution < -0.4 is 5.32 Å². The van der Waals surface area contributed by atoms with Crippen molar-refractivity contribution in [1.29, 1.82) is 0 Å². The zero-order valence-corrected chi connectivity index (χ0v) is 13.7. The SMILES string of the molecule is O=C(NC1CCN(C(=O)CCCCl)CC1)c1ccc(F)c(F)c1F. The van der Waals surface area contributed by atoms with Crippen molar-refractivity contribution in [1.82, 2.24) is 10.2 Å². The molecule has 8 heteroatoms. The highest BCUT2D eigenvalue weighted by Gasteiger charge is 2.25. The Morgan fingerprint density at radius 3 is 2.46 bits per heavy atom. The van der Waals surface area contributed by atoms with E-state index in [2.05, 4.69) is 5.32 Å². The van der Waals surface area contributed by atoms with Crippen molar-refractivity contribution in [3.63, 3.8) is 0 Å². The predicted octanol–water partition coefficient (Wildman–Crippen LogP) is 2.84. The third kappa shape index (κ3) is 4.41. The van der Waals surface area contributed by atoms with E-state index >= 15 is 0 Å². The van der Waals surface area contributed by atoms with Gasteiger partial charge in [-0.05, 0) is 31.4 Å². The molecule has 1 fully saturated rings. The minimum atomic E-state index is -1.66. The molecule has 1 aromatic rings. The Hall–Kier alpha value is -1.76. The summed E-state index contributed by atoms with van der Waals surface area (Å²) in [7, 11) is 0. The number of nitrogens with zero attached hydrogens (tertiary/aromatic N) is 1. The third-order valence-electron chi connectivity index (χ3n) is 3.99. The van der Waals surface area contributed by atoms with Crippen LogP contribution in [-0.2, 0) is 4.79 Å². The Morgan fingerprint density at radius 2 is 1.83 bits per heavy atom. The van der Waals surface area contributed by atoms with Crippen LogP contribution in [0.25, 0.3) is 0 Å². The van der Waals surface area contributed by atoms with Gasteiger partial charge in [0.05, 0.1) is 5.56 Å². The first-order chi connectivity index (χ1) is 11.4. The number of hydrogen-bond acceptors (Lipinski definition) is 2. The Bertz CT molecular complexity index is 620. The number of nitrogens with one attached hydrogen (secondary N) is 1. The standard InChI is InChI=1S/C16H18ClF3N2O2/c17-7-1-2-13(23)22-8-5-10(6-9-22)21-16(24)11-3-4-12(18)15(20)14(11)19/h3-4,10H,1-2,5-9H2,(H,21,24). The maximum atomic E-state index is 13.6. The quantitative estimate of drug-likeness (QED) is 0.647. The summed E-state index contributed by atoms with van der Waals surface area (Å²) < 4.78 is 39.7. The van der Waals surface area contributed by atoms with Crippen LogP contribution in [0.15, 0.2) is 12.1 Å². The largest absolute Gasteiger partial charge is 0.349 e. The fourth-order valence-corrected chi connectivity index (χ4v) is 2.75. The average Bonchev–Trinajstić information content (AvgIpc) is 2.58. The molecule has 24 heavy (non-hydrogen) atoms. The van der Waals surface area contributed by atoms with Crippen LogP contribution in [0.2, 0.25) is 0 Å². The van der Waals surface area contributed by atoms with Crippen LogP contribution in [0.1, 0.15) is 36.0 Å². The molecule has 0 radical (unpaired) electrons. The van der Waals surface area contributed by atoms with Gasteiger partial charge in [-0.1, -0.05) is 0 Å². The summed E-state index contributed by atoms with van der Waals surface area (Å²) >= 11 is 5.56. The van der Waals surface area contributed by atoms with Crippen LogP contribution in [-0.4, -0.2) is 41.7 Å². The molecular weight excluding hydrogens is 345 g/mol. The highest BCUT2D eigenvalue weighted by atomic mass is 35.5. The summed E-state index contributed by atoms with van der Waals surface area (Å²) in [5, 5.41) is 2.60. The molecule has 4 nitrogen and oxygen atoms in total. The van der Waals surface area contributed by atoms with Crippen LogP contribution in [0, 0.1) is 17.5 Å². The zero-order chi connectivity index (χ0) is 17.7. The van der Waals surface area contributed by atoms with Crippen molar-refractivity contribution in [3.05, 3.63) is 35.1 Å². The first-order valence-electron chi connectivity index (χ1n) is 7.72. The van der Waals surface area contributed by atoms with Gasteiger partial charge >= 0.3 is 0 Å². The summed E-state index contributed by atoms with van der Waals surface area (Å²) in [6.07, 6.45) is 2.04. The molecule has 1 saturated heterocycles. The van der Waals surface area contributed by atoms with E-state index in [0.29, 0.717) is 50.7 Å². The summed E-state index contributed by atoms with van der Waals surface area (Å²) in [6, 6.07) is 1.38. The number of rotatable bonds is 5. The smallest absolute Gasteiger partial charge is 0.254 e. The Morgan fingerprint density at radius 1 is 1.17 bits per heavy atom. The minimum absolute atomic E-state index is 0.0204. The van der Waals surface area contributed by atoms with Crippen LogP contribution in [0.5, 0.6) is 0 Å². The average molecular weight is 363 g/mol. The van der Waals surface area contributed by atoms with Gasteiger partial charge in [-0.25, -0.2) is 13.2 Å². The molecule has 1 aliphatic heterocycles. The van der Waals surface area contributed by atoms with E-state index in [1.54, 1.807) is 4.90 Å². The molecule has 0 aromatic heterocycles. The number of alkyl halides is 1. The van der Waals surface area contributed by atoms with Gasteiger partial charge in [-0.2, -0.15) is 0 Å². The van der Waals surface area contributed by atoms with Gasteiger partial charge in [-0.3, -0.25) is 9.59 Å². The van der Waals surface area contributed by atoms with Crippen molar-refractivity contribution in [2.24, 2.45) is 0 Å². The number of carbonyl (C=O) groups is 2. The molecule has 0 bridgehead atoms. The van der Waals surface area contributed by atoms with E-state index in [0.717, 1.165) is 6.07 Å². The monoisotopic (exact) mass is 362 g/mol. The molecule has 1 aliphatic rings. The molecule has 132 valence electrons. The van der Waals surface area contributed by atoms with E-state index in [1.165, 1.54) is 0 Å². The lowest BCUT2D eigenvalue weighted by Crippen LogP contribution is -2.46. The third-order valence-corrected chi connectivity index (χ3v) is 4.25. The van der Waals surface area contributed by atoms with Gasteiger partial charge in [-0.15, -0.1) is 11.6 Å². The molecule has 0 atom stereocenters. The van der Waals surface area contributed by atoms with E-state index < -0.39 is 28.9 Å². The number of halogens is 4. The first-order valence-corrected chi connectivity index (χ1v) is 8.25. The lowest BCUT2D eigenvalue weighted by molar-refractivity contribution is -0.132. The molecule has 0 saturated carbocycles. The number of piperidine rings is 1. The maximum absolute atomic E-state index is 13.6. The normalized spacial score (nSPS) is 15.4. The van der Waals surface area contributed by atoms with Gasteiger partial charge in [0.2, 0.25) is 5.91 Å². The van der Waals surface area contributed by atoms with Crippen molar-refractivity contribution in [2.75, 3.05) is 19.0 Å². The molecular formula is C16H18ClF3N2O2. The maximum Gasteiger partial charge on any atom is 0.254 e. The summed E-state index contributed by atoms with van der Waals surface area (Å²) in [5.74, 6) is -4.85. The topological polar surface area (TPSA) is 49.4 Å². The number of hydrogen-bond donors (Lipinski definition) is 1. The second-order valence-electron chi connectivity index (χ2n) is 5.64. The lowest BCUT2D eigenvalue weighted by Gasteiger charge is -2.32. The van der Waals surface area contributed by atoms with Gasteiger partial charge in [0.1, 0.15) is 0 Å². The molecule has 1 aromatic carbocycles. The number of amides is 2. The van der Waals surface area contributed by atoms with Gasteiger partial charge in [0.15, 0.2) is 17.5 Å². The van der Waals surface area contributed by atoms with Crippen molar-refractivity contribution in [2.45, 2.75) is 31.7 Å². The Labute approximate surface area is 143 Å². The Kier molecular flexibility index (Phi) is 6.48. The lowest BCUT2D eigenvalue weighted by atomic mass is 10.0. The van der Waals surface area contributed by atoms with E-state index in [-0.39, 0.29) is 11.9 Å². The number of benzene rings is 1. The van der Waals surface area contributed by atoms with Crippen molar-refractivity contribution in [3.8, 4) is 0 Å². The molecule has 2 rings (SSSR count). The molecule has 1 heterocycles. The van der Waals surface area contributed by atoms with Crippen LogP contribution >= 0.6 is 11.6 Å². The predicted molar refractivity (Wildman–Crippen MR) is 83.3 cm³/mol. The summed E-state index contributed by atoms with van der Waals surface area (Å²) in [5.41, 5.74) is -0.533. The fourth-order valence-electron chi connectivity index (χ4n) is 2.61. The minimum Gasteiger partial charge on any atom is -0.349 e.